The van der Waals surface area contributed by atoms with Gasteiger partial charge in [-0.15, -0.1) is 0 Å². The van der Waals surface area contributed by atoms with Gasteiger partial charge < -0.3 is 12.4 Å². The highest BCUT2D eigenvalue weighted by Crippen LogP contribution is 2.13. The fourth-order valence-corrected chi connectivity index (χ4v) is 2.81. The molecule has 0 atom stereocenters. The van der Waals surface area contributed by atoms with E-state index in [2.05, 4.69) is 6.92 Å². The van der Waals surface area contributed by atoms with Gasteiger partial charge in [0.1, 0.15) is 0 Å². The third kappa shape index (κ3) is 22.6. The molecule has 130 valence electrons. The van der Waals surface area contributed by atoms with Gasteiger partial charge in [0.25, 0.3) is 0 Å². The molecule has 21 heavy (non-hydrogen) atoms. The Morgan fingerprint density at radius 1 is 0.524 bits per heavy atom. The van der Waals surface area contributed by atoms with E-state index in [4.69, 9.17) is 5.84 Å². The summed E-state index contributed by atoms with van der Waals surface area (Å²) >= 11 is 0. The molecule has 0 aliphatic rings. The average molecular weight is 321 g/mol. The Morgan fingerprint density at radius 2 is 0.810 bits per heavy atom. The summed E-state index contributed by atoms with van der Waals surface area (Å²) in [5, 5.41) is 0. The Balaban J connectivity index is 0. The standard InChI is InChI=1S/C18H40N2.ClH/c1-2-3-4-5-6-7-8-9-10-11-12-13-14-15-16-17-18-20-19;/h20H,2-19H2,1H3;1H. The summed E-state index contributed by atoms with van der Waals surface area (Å²) < 4.78 is 0. The van der Waals surface area contributed by atoms with Crippen molar-refractivity contribution in [3.8, 4) is 0 Å². The molecule has 0 aliphatic carbocycles. The molecular formula is C18H41ClN2. The molecule has 0 aromatic heterocycles. The van der Waals surface area contributed by atoms with Crippen LogP contribution >= 0.6 is 0 Å². The van der Waals surface area contributed by atoms with Crippen LogP contribution in [0.1, 0.15) is 110 Å². The minimum atomic E-state index is 0. The summed E-state index contributed by atoms with van der Waals surface area (Å²) in [7, 11) is 0. The fourth-order valence-electron chi connectivity index (χ4n) is 2.81. The number of nitrogens with two attached hydrogens (primary N) is 2. The van der Waals surface area contributed by atoms with Gasteiger partial charge in [0.15, 0.2) is 0 Å². The smallest absolute Gasteiger partial charge is 0.0927 e. The van der Waals surface area contributed by atoms with Crippen molar-refractivity contribution in [3.05, 3.63) is 0 Å². The van der Waals surface area contributed by atoms with E-state index in [-0.39, 0.29) is 12.4 Å². The number of hydrogen-bond donors (Lipinski definition) is 2. The van der Waals surface area contributed by atoms with E-state index in [1.807, 2.05) is 0 Å². The number of quaternary nitrogens is 1. The summed E-state index contributed by atoms with van der Waals surface area (Å²) in [6.07, 6.45) is 23.0. The zero-order valence-corrected chi connectivity index (χ0v) is 15.3. The maximum absolute atomic E-state index is 5.36. The van der Waals surface area contributed by atoms with E-state index in [0.717, 1.165) is 6.54 Å². The molecule has 0 heterocycles. The molecule has 0 aromatic rings. The number of unbranched alkanes of at least 4 members (excludes halogenated alkanes) is 15. The van der Waals surface area contributed by atoms with Gasteiger partial charge in [-0.05, 0) is 12.8 Å². The molecule has 3 heteroatoms. The molecule has 2 nitrogen and oxygen atoms in total. The van der Waals surface area contributed by atoms with Gasteiger partial charge in [-0.2, -0.15) is 5.84 Å². The first-order valence-electron chi connectivity index (χ1n) is 9.45. The van der Waals surface area contributed by atoms with Gasteiger partial charge in [0.2, 0.25) is 0 Å². The fraction of sp³-hybridized carbons (Fsp3) is 1.00. The quantitative estimate of drug-likeness (QED) is 0.239. The molecule has 0 radical (unpaired) electrons. The lowest BCUT2D eigenvalue weighted by Crippen LogP contribution is -3.00. The number of hydrogen-bond acceptors (Lipinski definition) is 1. The molecule has 0 amide bonds. The summed E-state index contributed by atoms with van der Waals surface area (Å²) in [6, 6.07) is 0. The van der Waals surface area contributed by atoms with Crippen LogP contribution in [0.15, 0.2) is 0 Å². The van der Waals surface area contributed by atoms with Crippen LogP contribution in [0.4, 0.5) is 0 Å². The lowest BCUT2D eigenvalue weighted by Gasteiger charge is -2.03. The highest BCUT2D eigenvalue weighted by molar-refractivity contribution is 4.49. The third-order valence-electron chi connectivity index (χ3n) is 4.22. The van der Waals surface area contributed by atoms with Gasteiger partial charge in [-0.1, -0.05) is 96.8 Å². The van der Waals surface area contributed by atoms with E-state index in [0.29, 0.717) is 0 Å². The molecule has 0 rings (SSSR count). The Labute approximate surface area is 140 Å². The largest absolute Gasteiger partial charge is 1.00 e. The normalized spacial score (nSPS) is 10.6. The summed E-state index contributed by atoms with van der Waals surface area (Å²) in [4.78, 5) is 0. The Morgan fingerprint density at radius 3 is 1.10 bits per heavy atom. The van der Waals surface area contributed by atoms with Gasteiger partial charge in [0.05, 0.1) is 6.54 Å². The van der Waals surface area contributed by atoms with Gasteiger partial charge >= 0.3 is 0 Å². The first kappa shape index (κ1) is 23.5. The second kappa shape index (κ2) is 22.5. The highest BCUT2D eigenvalue weighted by Gasteiger charge is 1.94. The second-order valence-corrected chi connectivity index (χ2v) is 6.33. The van der Waals surface area contributed by atoms with Crippen LogP contribution in [-0.4, -0.2) is 6.54 Å². The molecule has 0 unspecified atom stereocenters. The van der Waals surface area contributed by atoms with Crippen molar-refractivity contribution in [3.63, 3.8) is 0 Å². The summed E-state index contributed by atoms with van der Waals surface area (Å²) in [5.41, 5.74) is 1.80. The molecule has 0 aromatic carbocycles. The Kier molecular flexibility index (Phi) is 25.1. The highest BCUT2D eigenvalue weighted by atomic mass is 35.5. The number of halogens is 1. The zero-order chi connectivity index (χ0) is 14.7. The monoisotopic (exact) mass is 320 g/mol. The molecule has 0 saturated carbocycles. The van der Waals surface area contributed by atoms with Crippen LogP contribution in [0.5, 0.6) is 0 Å². The molecule has 0 spiro atoms. The maximum Gasteiger partial charge on any atom is 0.0927 e. The van der Waals surface area contributed by atoms with Crippen molar-refractivity contribution in [2.45, 2.75) is 110 Å². The lowest BCUT2D eigenvalue weighted by atomic mass is 10.0. The third-order valence-corrected chi connectivity index (χ3v) is 4.22. The molecule has 0 bridgehead atoms. The summed E-state index contributed by atoms with van der Waals surface area (Å²) in [6.45, 7) is 3.39. The molecule has 0 saturated heterocycles. The first-order valence-corrected chi connectivity index (χ1v) is 9.45. The maximum atomic E-state index is 5.36. The van der Waals surface area contributed by atoms with Crippen LogP contribution in [0.25, 0.3) is 0 Å². The van der Waals surface area contributed by atoms with Crippen LogP contribution in [-0.2, 0) is 0 Å². The molecule has 0 aliphatic heterocycles. The van der Waals surface area contributed by atoms with Crippen molar-refractivity contribution in [1.82, 2.24) is 0 Å². The number of rotatable bonds is 17. The van der Waals surface area contributed by atoms with Crippen molar-refractivity contribution >= 4 is 0 Å². The molecular weight excluding hydrogens is 280 g/mol. The van der Waals surface area contributed by atoms with E-state index < -0.39 is 0 Å². The van der Waals surface area contributed by atoms with E-state index in [9.17, 15) is 0 Å². The second-order valence-electron chi connectivity index (χ2n) is 6.33. The average Bonchev–Trinajstić information content (AvgIpc) is 2.47. The van der Waals surface area contributed by atoms with Crippen LogP contribution in [0.3, 0.4) is 0 Å². The SMILES string of the molecule is CCCCCCCCCCCCCCCCCC[NH2+]N.[Cl-]. The van der Waals surface area contributed by atoms with E-state index >= 15 is 0 Å². The van der Waals surface area contributed by atoms with Crippen molar-refractivity contribution < 1.29 is 17.8 Å². The Hall–Kier alpha value is 0.210. The topological polar surface area (TPSA) is 42.6 Å². The molecule has 0 fully saturated rings. The predicted molar refractivity (Wildman–Crippen MR) is 90.5 cm³/mol. The summed E-state index contributed by atoms with van der Waals surface area (Å²) in [5.74, 6) is 5.36. The minimum absolute atomic E-state index is 0. The van der Waals surface area contributed by atoms with Gasteiger partial charge in [0, 0.05) is 0 Å². The van der Waals surface area contributed by atoms with E-state index in [1.54, 1.807) is 5.43 Å². The van der Waals surface area contributed by atoms with Crippen LogP contribution in [0.2, 0.25) is 0 Å². The van der Waals surface area contributed by atoms with Crippen molar-refractivity contribution in [1.29, 1.82) is 0 Å². The lowest BCUT2D eigenvalue weighted by molar-refractivity contribution is -0.667. The van der Waals surface area contributed by atoms with Gasteiger partial charge in [-0.3, -0.25) is 5.43 Å². The van der Waals surface area contributed by atoms with Crippen molar-refractivity contribution in [2.75, 3.05) is 6.54 Å². The zero-order valence-electron chi connectivity index (χ0n) is 14.6. The minimum Gasteiger partial charge on any atom is -1.00 e. The molecule has 4 N–H and O–H groups in total. The predicted octanol–water partition coefficient (Wildman–Crippen LogP) is 1.69. The Bertz CT molecular complexity index is 147. The van der Waals surface area contributed by atoms with Crippen LogP contribution < -0.4 is 23.7 Å². The van der Waals surface area contributed by atoms with Crippen LogP contribution in [0, 0.1) is 0 Å². The van der Waals surface area contributed by atoms with Gasteiger partial charge in [-0.25, -0.2) is 0 Å². The first-order chi connectivity index (χ1) is 9.91. The van der Waals surface area contributed by atoms with E-state index in [1.165, 1.54) is 103 Å². The van der Waals surface area contributed by atoms with Crippen molar-refractivity contribution in [2.24, 2.45) is 5.84 Å².